The van der Waals surface area contributed by atoms with Crippen LogP contribution in [0.5, 0.6) is 0 Å². The Morgan fingerprint density at radius 1 is 1.41 bits per heavy atom. The number of halogens is 1. The van der Waals surface area contributed by atoms with E-state index in [0.717, 1.165) is 6.42 Å². The van der Waals surface area contributed by atoms with Gasteiger partial charge in [-0.1, -0.05) is 0 Å². The molecule has 1 aliphatic carbocycles. The molecule has 17 heavy (non-hydrogen) atoms. The van der Waals surface area contributed by atoms with Crippen molar-refractivity contribution in [2.45, 2.75) is 44.2 Å². The Bertz CT molecular complexity index is 327. The molecule has 2 saturated heterocycles. The molecule has 1 saturated carbocycles. The molecular formula is C11H19FN4O. The van der Waals surface area contributed by atoms with Crippen LogP contribution in [0.25, 0.3) is 0 Å². The summed E-state index contributed by atoms with van der Waals surface area (Å²) in [7, 11) is 0. The predicted molar refractivity (Wildman–Crippen MR) is 61.0 cm³/mol. The molecule has 0 spiro atoms. The normalized spacial score (nSPS) is 45.2. The van der Waals surface area contributed by atoms with Crippen molar-refractivity contribution in [2.24, 2.45) is 5.92 Å². The molecule has 5 atom stereocenters. The van der Waals surface area contributed by atoms with E-state index in [9.17, 15) is 9.18 Å². The van der Waals surface area contributed by atoms with E-state index in [1.165, 1.54) is 0 Å². The highest BCUT2D eigenvalue weighted by Gasteiger charge is 2.51. The first-order chi connectivity index (χ1) is 8.22. The highest BCUT2D eigenvalue weighted by atomic mass is 19.1. The van der Waals surface area contributed by atoms with Crippen LogP contribution in [-0.4, -0.2) is 48.6 Å². The van der Waals surface area contributed by atoms with E-state index < -0.39 is 6.17 Å². The van der Waals surface area contributed by atoms with Gasteiger partial charge in [0, 0.05) is 25.2 Å². The molecule has 96 valence electrons. The second kappa shape index (κ2) is 4.10. The second-order valence-electron chi connectivity index (χ2n) is 5.07. The summed E-state index contributed by atoms with van der Waals surface area (Å²) < 4.78 is 13.9. The van der Waals surface area contributed by atoms with Crippen LogP contribution in [0.4, 0.5) is 9.18 Å². The summed E-state index contributed by atoms with van der Waals surface area (Å²) in [6.45, 7) is 3.30. The maximum Gasteiger partial charge on any atom is 0.318 e. The van der Waals surface area contributed by atoms with Gasteiger partial charge >= 0.3 is 6.03 Å². The van der Waals surface area contributed by atoms with Gasteiger partial charge in [0.05, 0.1) is 12.2 Å². The Labute approximate surface area is 100 Å². The van der Waals surface area contributed by atoms with Crippen molar-refractivity contribution in [3.05, 3.63) is 0 Å². The fourth-order valence-corrected chi connectivity index (χ4v) is 3.48. The molecule has 0 bridgehead atoms. The van der Waals surface area contributed by atoms with Crippen molar-refractivity contribution in [3.63, 3.8) is 0 Å². The summed E-state index contributed by atoms with van der Waals surface area (Å²) in [4.78, 5) is 13.7. The van der Waals surface area contributed by atoms with Crippen LogP contribution < -0.4 is 16.0 Å². The summed E-state index contributed by atoms with van der Waals surface area (Å²) >= 11 is 0. The van der Waals surface area contributed by atoms with Crippen LogP contribution in [0, 0.1) is 5.92 Å². The number of hydrogen-bond donors (Lipinski definition) is 3. The van der Waals surface area contributed by atoms with Gasteiger partial charge in [-0.05, 0) is 19.8 Å². The fourth-order valence-electron chi connectivity index (χ4n) is 3.48. The Kier molecular flexibility index (Phi) is 2.71. The number of rotatable bonds is 1. The number of amides is 2. The van der Waals surface area contributed by atoms with Crippen LogP contribution in [0.1, 0.15) is 19.8 Å². The molecule has 0 aromatic carbocycles. The molecule has 0 aromatic rings. The standard InChI is InChI=1S/C11H19FN4O/c1-2-16-10-8-7(13-5-14-10)4-3-6(12)9(8)15-11(16)17/h6-10,13-14H,2-5H2,1H3,(H,15,17). The van der Waals surface area contributed by atoms with Crippen molar-refractivity contribution in [2.75, 3.05) is 13.2 Å². The third-order valence-electron chi connectivity index (χ3n) is 4.29. The molecule has 0 aromatic heterocycles. The van der Waals surface area contributed by atoms with E-state index in [4.69, 9.17) is 0 Å². The SMILES string of the molecule is CCN1C(=O)NC2C(F)CCC3NCNC1C32. The lowest BCUT2D eigenvalue weighted by Gasteiger charge is -2.54. The topological polar surface area (TPSA) is 56.4 Å². The van der Waals surface area contributed by atoms with E-state index in [-0.39, 0.29) is 24.2 Å². The molecule has 5 unspecified atom stereocenters. The Morgan fingerprint density at radius 2 is 2.24 bits per heavy atom. The lowest BCUT2D eigenvalue weighted by Crippen LogP contribution is -2.76. The van der Waals surface area contributed by atoms with E-state index in [2.05, 4.69) is 16.0 Å². The van der Waals surface area contributed by atoms with Gasteiger partial charge < -0.3 is 15.5 Å². The maximum absolute atomic E-state index is 13.9. The second-order valence-corrected chi connectivity index (χ2v) is 5.07. The summed E-state index contributed by atoms with van der Waals surface area (Å²) in [5.74, 6) is 0.130. The van der Waals surface area contributed by atoms with Gasteiger partial charge in [-0.25, -0.2) is 9.18 Å². The number of carbonyl (C=O) groups excluding carboxylic acids is 1. The number of hydrogen-bond acceptors (Lipinski definition) is 3. The molecule has 2 amide bonds. The van der Waals surface area contributed by atoms with Gasteiger partial charge in [-0.2, -0.15) is 0 Å². The average molecular weight is 242 g/mol. The molecular weight excluding hydrogens is 223 g/mol. The van der Waals surface area contributed by atoms with Crippen LogP contribution in [0.3, 0.4) is 0 Å². The van der Waals surface area contributed by atoms with Crippen LogP contribution >= 0.6 is 0 Å². The van der Waals surface area contributed by atoms with E-state index >= 15 is 0 Å². The van der Waals surface area contributed by atoms with Crippen molar-refractivity contribution >= 4 is 6.03 Å². The van der Waals surface area contributed by atoms with Gasteiger partial charge in [0.2, 0.25) is 0 Å². The molecule has 2 heterocycles. The monoisotopic (exact) mass is 242 g/mol. The first-order valence-corrected chi connectivity index (χ1v) is 6.40. The summed E-state index contributed by atoms with van der Waals surface area (Å²) in [6.07, 6.45) is 0.457. The highest BCUT2D eigenvalue weighted by Crippen LogP contribution is 2.35. The van der Waals surface area contributed by atoms with Crippen LogP contribution in [0.15, 0.2) is 0 Å². The Morgan fingerprint density at radius 3 is 3.00 bits per heavy atom. The molecule has 3 aliphatic rings. The molecule has 3 N–H and O–H groups in total. The zero-order valence-corrected chi connectivity index (χ0v) is 9.95. The lowest BCUT2D eigenvalue weighted by molar-refractivity contribution is -0.0135. The minimum atomic E-state index is -0.914. The number of alkyl halides is 1. The largest absolute Gasteiger partial charge is 0.332 e. The Balaban J connectivity index is 1.91. The maximum atomic E-state index is 13.9. The van der Waals surface area contributed by atoms with Gasteiger partial charge in [-0.15, -0.1) is 0 Å². The van der Waals surface area contributed by atoms with Crippen molar-refractivity contribution in [1.29, 1.82) is 0 Å². The number of nitrogens with one attached hydrogen (secondary N) is 3. The molecule has 0 radical (unpaired) electrons. The molecule has 3 fully saturated rings. The minimum Gasteiger partial charge on any atom is -0.332 e. The lowest BCUT2D eigenvalue weighted by atomic mass is 9.75. The smallest absolute Gasteiger partial charge is 0.318 e. The third kappa shape index (κ3) is 1.62. The predicted octanol–water partition coefficient (Wildman–Crippen LogP) is -0.00680. The zero-order valence-electron chi connectivity index (χ0n) is 9.95. The van der Waals surface area contributed by atoms with E-state index in [0.29, 0.717) is 25.7 Å². The van der Waals surface area contributed by atoms with Gasteiger partial charge in [0.15, 0.2) is 0 Å². The quantitative estimate of drug-likeness (QED) is 0.606. The minimum absolute atomic E-state index is 0.0245. The van der Waals surface area contributed by atoms with Gasteiger partial charge in [0.25, 0.3) is 0 Å². The van der Waals surface area contributed by atoms with E-state index in [1.807, 2.05) is 6.92 Å². The van der Waals surface area contributed by atoms with Crippen molar-refractivity contribution in [3.8, 4) is 0 Å². The van der Waals surface area contributed by atoms with E-state index in [1.54, 1.807) is 4.90 Å². The first-order valence-electron chi connectivity index (χ1n) is 6.40. The number of urea groups is 1. The molecule has 3 rings (SSSR count). The van der Waals surface area contributed by atoms with Gasteiger partial charge in [0.1, 0.15) is 6.17 Å². The average Bonchev–Trinajstić information content (AvgIpc) is 2.34. The van der Waals surface area contributed by atoms with Crippen molar-refractivity contribution < 1.29 is 9.18 Å². The Hall–Kier alpha value is -0.880. The van der Waals surface area contributed by atoms with Crippen LogP contribution in [-0.2, 0) is 0 Å². The fraction of sp³-hybridized carbons (Fsp3) is 0.909. The number of nitrogens with zero attached hydrogens (tertiary/aromatic N) is 1. The highest BCUT2D eigenvalue weighted by molar-refractivity contribution is 5.76. The molecule has 2 aliphatic heterocycles. The van der Waals surface area contributed by atoms with Gasteiger partial charge in [-0.3, -0.25) is 5.32 Å². The third-order valence-corrected chi connectivity index (χ3v) is 4.29. The zero-order chi connectivity index (χ0) is 12.0. The number of carbonyl (C=O) groups is 1. The molecule has 6 heteroatoms. The first kappa shape index (κ1) is 11.2. The summed E-state index contributed by atoms with van der Waals surface area (Å²) in [5.41, 5.74) is 0. The van der Waals surface area contributed by atoms with Crippen molar-refractivity contribution in [1.82, 2.24) is 20.9 Å². The summed E-state index contributed by atoms with van der Waals surface area (Å²) in [5, 5.41) is 9.49. The summed E-state index contributed by atoms with van der Waals surface area (Å²) in [6, 6.07) is -0.168. The molecule has 5 nitrogen and oxygen atoms in total. The van der Waals surface area contributed by atoms with Crippen LogP contribution in [0.2, 0.25) is 0 Å².